The predicted molar refractivity (Wildman–Crippen MR) is 270 cm³/mol. The minimum atomic E-state index is -1.71. The van der Waals surface area contributed by atoms with Crippen molar-refractivity contribution in [1.29, 1.82) is 0 Å². The molecule has 0 spiro atoms. The summed E-state index contributed by atoms with van der Waals surface area (Å²) in [6.07, 6.45) is 31.0. The number of aliphatic hydroxyl groups is 7. The fourth-order valence-electron chi connectivity index (χ4n) is 8.85. The molecule has 0 amide bonds. The highest BCUT2D eigenvalue weighted by atomic mass is 16.7. The Balaban J connectivity index is 1.70. The molecule has 7 N–H and O–H groups in total. The fraction of sp³-hybridized carbons (Fsp3) is 0.909. The van der Waals surface area contributed by atoms with Gasteiger partial charge in [-0.2, -0.15) is 0 Å². The van der Waals surface area contributed by atoms with E-state index in [0.29, 0.717) is 13.0 Å². The zero-order chi connectivity index (χ0) is 50.2. The Hall–Kier alpha value is -1.53. The lowest BCUT2D eigenvalue weighted by Crippen LogP contribution is -2.61. The van der Waals surface area contributed by atoms with Crippen molar-refractivity contribution in [3.63, 3.8) is 0 Å². The molecule has 2 fully saturated rings. The first kappa shape index (κ1) is 63.6. The van der Waals surface area contributed by atoms with Crippen molar-refractivity contribution in [3.8, 4) is 0 Å². The summed E-state index contributed by atoms with van der Waals surface area (Å²) < 4.78 is 34.3. The first-order valence-corrected chi connectivity index (χ1v) is 27.9. The number of carbonyl (C=O) groups is 1. The molecule has 11 unspecified atom stereocenters. The summed E-state index contributed by atoms with van der Waals surface area (Å²) in [5, 5.41) is 72.2. The summed E-state index contributed by atoms with van der Waals surface area (Å²) in [5.41, 5.74) is 0. The first-order valence-electron chi connectivity index (χ1n) is 27.9. The van der Waals surface area contributed by atoms with Gasteiger partial charge in [0.15, 0.2) is 12.6 Å². The van der Waals surface area contributed by atoms with Crippen LogP contribution < -0.4 is 0 Å². The molecular weight excluding hydrogens is 885 g/mol. The van der Waals surface area contributed by atoms with Crippen LogP contribution in [0.3, 0.4) is 0 Å². The van der Waals surface area contributed by atoms with E-state index < -0.39 is 80.7 Å². The van der Waals surface area contributed by atoms with Gasteiger partial charge in [0.05, 0.1) is 26.4 Å². The highest BCUT2D eigenvalue weighted by molar-refractivity contribution is 5.69. The monoisotopic (exact) mass is 987 g/mol. The van der Waals surface area contributed by atoms with Gasteiger partial charge in [0.2, 0.25) is 0 Å². The largest absolute Gasteiger partial charge is 0.457 e. The van der Waals surface area contributed by atoms with E-state index in [1.165, 1.54) is 141 Å². The maximum atomic E-state index is 13.0. The van der Waals surface area contributed by atoms with Crippen molar-refractivity contribution in [3.05, 3.63) is 24.3 Å². The number of carbonyl (C=O) groups excluding carboxylic acids is 1. The molecule has 0 aromatic heterocycles. The van der Waals surface area contributed by atoms with E-state index in [9.17, 15) is 40.5 Å². The third-order valence-corrected chi connectivity index (χ3v) is 13.4. The predicted octanol–water partition coefficient (Wildman–Crippen LogP) is 9.19. The Bertz CT molecular complexity index is 1240. The van der Waals surface area contributed by atoms with Gasteiger partial charge < -0.3 is 64.2 Å². The minimum absolute atomic E-state index is 0.0597. The van der Waals surface area contributed by atoms with Gasteiger partial charge in [0, 0.05) is 13.0 Å². The quantitative estimate of drug-likeness (QED) is 0.0172. The Morgan fingerprint density at radius 2 is 0.870 bits per heavy atom. The van der Waals surface area contributed by atoms with Gasteiger partial charge >= 0.3 is 5.97 Å². The molecule has 406 valence electrons. The molecule has 0 aromatic carbocycles. The number of aliphatic hydroxyl groups excluding tert-OH is 7. The molecule has 0 bridgehead atoms. The summed E-state index contributed by atoms with van der Waals surface area (Å²) in [6.45, 7) is 3.66. The lowest BCUT2D eigenvalue weighted by Gasteiger charge is -2.42. The summed E-state index contributed by atoms with van der Waals surface area (Å²) in [6, 6.07) is 0. The average Bonchev–Trinajstić information content (AvgIpc) is 3.35. The van der Waals surface area contributed by atoms with E-state index in [4.69, 9.17) is 28.4 Å². The summed E-state index contributed by atoms with van der Waals surface area (Å²) >= 11 is 0. The molecule has 0 aromatic rings. The van der Waals surface area contributed by atoms with E-state index >= 15 is 0 Å². The van der Waals surface area contributed by atoms with Gasteiger partial charge in [-0.3, -0.25) is 4.79 Å². The third kappa shape index (κ3) is 30.3. The number of ether oxygens (including phenoxy) is 6. The van der Waals surface area contributed by atoms with Crippen LogP contribution in [0.1, 0.15) is 219 Å². The van der Waals surface area contributed by atoms with Crippen LogP contribution in [0.25, 0.3) is 0 Å². The van der Waals surface area contributed by atoms with Crippen LogP contribution in [0, 0.1) is 0 Å². The van der Waals surface area contributed by atoms with E-state index in [1.807, 2.05) is 0 Å². The van der Waals surface area contributed by atoms with Crippen LogP contribution in [-0.4, -0.2) is 142 Å². The Morgan fingerprint density at radius 3 is 1.36 bits per heavy atom. The summed E-state index contributed by atoms with van der Waals surface area (Å²) in [4.78, 5) is 13.0. The molecular formula is C55H102O14. The van der Waals surface area contributed by atoms with Gasteiger partial charge in [0.25, 0.3) is 0 Å². The van der Waals surface area contributed by atoms with Gasteiger partial charge in [-0.25, -0.2) is 0 Å². The smallest absolute Gasteiger partial charge is 0.306 e. The highest BCUT2D eigenvalue weighted by Crippen LogP contribution is 2.27. The van der Waals surface area contributed by atoms with Crippen molar-refractivity contribution in [2.45, 2.75) is 287 Å². The SMILES string of the molecule is CCCC/C=C\CCCCCCCCOCC(COC1OC(COC2OC(CO)C(O)C(O)C2O)C(O)C(O)C1O)OC(=O)CCCCCCCCCCCCC/C=C\CCCCCCCCCC. The normalized spacial score (nSPS) is 25.8. The van der Waals surface area contributed by atoms with Crippen molar-refractivity contribution in [2.24, 2.45) is 0 Å². The molecule has 2 saturated heterocycles. The van der Waals surface area contributed by atoms with Crippen LogP contribution >= 0.6 is 0 Å². The molecule has 69 heavy (non-hydrogen) atoms. The second-order valence-corrected chi connectivity index (χ2v) is 19.8. The van der Waals surface area contributed by atoms with Crippen LogP contribution in [0.15, 0.2) is 24.3 Å². The van der Waals surface area contributed by atoms with Gasteiger partial charge in [-0.05, 0) is 57.8 Å². The molecule has 11 atom stereocenters. The number of unbranched alkanes of at least 4 members (excludes halogenated alkanes) is 27. The number of hydrogen-bond acceptors (Lipinski definition) is 14. The van der Waals surface area contributed by atoms with Crippen LogP contribution in [-0.2, 0) is 33.2 Å². The lowest BCUT2D eigenvalue weighted by molar-refractivity contribution is -0.332. The fourth-order valence-corrected chi connectivity index (χ4v) is 8.85. The summed E-state index contributed by atoms with van der Waals surface area (Å²) in [7, 11) is 0. The Morgan fingerprint density at radius 1 is 0.464 bits per heavy atom. The minimum Gasteiger partial charge on any atom is -0.457 e. The summed E-state index contributed by atoms with van der Waals surface area (Å²) in [5.74, 6) is -0.377. The van der Waals surface area contributed by atoms with E-state index in [2.05, 4.69) is 38.2 Å². The zero-order valence-corrected chi connectivity index (χ0v) is 43.3. The molecule has 2 heterocycles. The maximum Gasteiger partial charge on any atom is 0.306 e. The van der Waals surface area contributed by atoms with Crippen molar-refractivity contribution >= 4 is 5.97 Å². The topological polar surface area (TPSA) is 214 Å². The average molecular weight is 987 g/mol. The highest BCUT2D eigenvalue weighted by Gasteiger charge is 2.47. The van der Waals surface area contributed by atoms with Gasteiger partial charge in [-0.15, -0.1) is 0 Å². The van der Waals surface area contributed by atoms with Crippen LogP contribution in [0.5, 0.6) is 0 Å². The van der Waals surface area contributed by atoms with E-state index in [0.717, 1.165) is 51.4 Å². The van der Waals surface area contributed by atoms with Crippen molar-refractivity contribution in [1.82, 2.24) is 0 Å². The van der Waals surface area contributed by atoms with Gasteiger partial charge in [-0.1, -0.05) is 179 Å². The second-order valence-electron chi connectivity index (χ2n) is 19.8. The third-order valence-electron chi connectivity index (χ3n) is 13.4. The van der Waals surface area contributed by atoms with Gasteiger partial charge in [0.1, 0.15) is 54.9 Å². The molecule has 0 aliphatic carbocycles. The van der Waals surface area contributed by atoms with E-state index in [-0.39, 0.29) is 25.6 Å². The Kier molecular flexibility index (Phi) is 39.6. The number of allylic oxidation sites excluding steroid dienone is 4. The second kappa shape index (κ2) is 42.9. The number of rotatable bonds is 45. The van der Waals surface area contributed by atoms with Crippen molar-refractivity contribution < 1.29 is 69.0 Å². The number of hydrogen-bond donors (Lipinski definition) is 7. The zero-order valence-electron chi connectivity index (χ0n) is 43.3. The molecule has 14 nitrogen and oxygen atoms in total. The van der Waals surface area contributed by atoms with Crippen molar-refractivity contribution in [2.75, 3.05) is 33.0 Å². The molecule has 2 aliphatic rings. The lowest BCUT2D eigenvalue weighted by atomic mass is 9.98. The molecule has 0 saturated carbocycles. The molecule has 2 aliphatic heterocycles. The first-order chi connectivity index (χ1) is 33.6. The Labute approximate surface area is 417 Å². The van der Waals surface area contributed by atoms with Crippen LogP contribution in [0.2, 0.25) is 0 Å². The number of esters is 1. The van der Waals surface area contributed by atoms with Crippen LogP contribution in [0.4, 0.5) is 0 Å². The standard InChI is InChI=1S/C55H102O14/c1-3-5-7-9-11-13-15-17-18-19-20-21-22-23-24-25-26-27-28-30-32-34-36-38-47(57)67-44(41-64-39-37-35-33-31-29-16-14-12-10-8-6-4-2)42-65-54-53(63)51(61)49(59)46(69-54)43-66-55-52(62)50(60)48(58)45(40-56)68-55/h10,12,19-20,44-46,48-56,58-63H,3-9,11,13-18,21-43H2,1-2H3/b12-10-,20-19-. The molecule has 14 heteroatoms. The molecule has 0 radical (unpaired) electrons. The van der Waals surface area contributed by atoms with E-state index in [1.54, 1.807) is 0 Å². The maximum absolute atomic E-state index is 13.0. The molecule has 2 rings (SSSR count).